The highest BCUT2D eigenvalue weighted by Crippen LogP contribution is 2.17. The summed E-state index contributed by atoms with van der Waals surface area (Å²) in [6.45, 7) is 1.77. The van der Waals surface area contributed by atoms with Crippen molar-refractivity contribution in [2.75, 3.05) is 11.1 Å². The van der Waals surface area contributed by atoms with Gasteiger partial charge in [-0.25, -0.2) is 9.18 Å². The number of nitrogens with two attached hydrogens (primary N) is 1. The molecule has 0 aliphatic carbocycles. The SMILES string of the molecule is Cc1cc(C(=O)Nc2ccc(F)c(C(=O)O)c2)ccc1N. The summed E-state index contributed by atoms with van der Waals surface area (Å²) >= 11 is 0. The molecular formula is C15H13FN2O3. The number of carbonyl (C=O) groups is 2. The molecule has 0 atom stereocenters. The van der Waals surface area contributed by atoms with Crippen LogP contribution >= 0.6 is 0 Å². The number of nitrogens with one attached hydrogen (secondary N) is 1. The maximum absolute atomic E-state index is 13.3. The van der Waals surface area contributed by atoms with Crippen LogP contribution in [0.15, 0.2) is 36.4 Å². The van der Waals surface area contributed by atoms with Crippen molar-refractivity contribution in [3.63, 3.8) is 0 Å². The third kappa shape index (κ3) is 3.17. The van der Waals surface area contributed by atoms with Gasteiger partial charge >= 0.3 is 5.97 Å². The van der Waals surface area contributed by atoms with Gasteiger partial charge < -0.3 is 16.2 Å². The Morgan fingerprint density at radius 2 is 1.90 bits per heavy atom. The summed E-state index contributed by atoms with van der Waals surface area (Å²) in [7, 11) is 0. The van der Waals surface area contributed by atoms with Gasteiger partial charge in [0.2, 0.25) is 0 Å². The van der Waals surface area contributed by atoms with Crippen LogP contribution in [0.4, 0.5) is 15.8 Å². The van der Waals surface area contributed by atoms with Gasteiger partial charge in [0.1, 0.15) is 5.82 Å². The van der Waals surface area contributed by atoms with Crippen LogP contribution in [0.1, 0.15) is 26.3 Å². The monoisotopic (exact) mass is 288 g/mol. The lowest BCUT2D eigenvalue weighted by Crippen LogP contribution is -2.13. The molecule has 4 N–H and O–H groups in total. The Labute approximate surface area is 120 Å². The first-order valence-corrected chi connectivity index (χ1v) is 6.09. The quantitative estimate of drug-likeness (QED) is 0.757. The van der Waals surface area contributed by atoms with Crippen LogP contribution in [0.3, 0.4) is 0 Å². The molecule has 0 saturated carbocycles. The molecule has 1 amide bonds. The fourth-order valence-electron chi connectivity index (χ4n) is 1.79. The second-order valence-electron chi connectivity index (χ2n) is 4.53. The van der Waals surface area contributed by atoms with Crippen molar-refractivity contribution in [1.82, 2.24) is 0 Å². The third-order valence-electron chi connectivity index (χ3n) is 2.99. The first-order valence-electron chi connectivity index (χ1n) is 6.09. The zero-order chi connectivity index (χ0) is 15.6. The highest BCUT2D eigenvalue weighted by molar-refractivity contribution is 6.05. The number of rotatable bonds is 3. The van der Waals surface area contributed by atoms with E-state index in [-0.39, 0.29) is 5.69 Å². The first kappa shape index (κ1) is 14.5. The van der Waals surface area contributed by atoms with Gasteiger partial charge in [0.05, 0.1) is 5.56 Å². The summed E-state index contributed by atoms with van der Waals surface area (Å²) in [6, 6.07) is 8.14. The largest absolute Gasteiger partial charge is 0.478 e. The van der Waals surface area contributed by atoms with Gasteiger partial charge in [-0.05, 0) is 48.9 Å². The van der Waals surface area contributed by atoms with E-state index < -0.39 is 23.3 Å². The number of halogens is 1. The molecular weight excluding hydrogens is 275 g/mol. The van der Waals surface area contributed by atoms with Crippen molar-refractivity contribution in [2.45, 2.75) is 6.92 Å². The zero-order valence-electron chi connectivity index (χ0n) is 11.2. The molecule has 2 aromatic carbocycles. The Balaban J connectivity index is 2.25. The number of carboxylic acid groups (broad SMARTS) is 1. The lowest BCUT2D eigenvalue weighted by atomic mass is 10.1. The van der Waals surface area contributed by atoms with Gasteiger partial charge in [0.15, 0.2) is 0 Å². The molecule has 0 aromatic heterocycles. The third-order valence-corrected chi connectivity index (χ3v) is 2.99. The maximum atomic E-state index is 13.3. The van der Waals surface area contributed by atoms with E-state index in [9.17, 15) is 14.0 Å². The topological polar surface area (TPSA) is 92.4 Å². The Hall–Kier alpha value is -2.89. The van der Waals surface area contributed by atoms with Gasteiger partial charge in [0, 0.05) is 16.9 Å². The van der Waals surface area contributed by atoms with Crippen molar-refractivity contribution in [1.29, 1.82) is 0 Å². The number of carboxylic acids is 1. The average molecular weight is 288 g/mol. The van der Waals surface area contributed by atoms with E-state index in [1.807, 2.05) is 0 Å². The van der Waals surface area contributed by atoms with Gasteiger partial charge in [0.25, 0.3) is 5.91 Å². The van der Waals surface area contributed by atoms with E-state index >= 15 is 0 Å². The lowest BCUT2D eigenvalue weighted by molar-refractivity contribution is 0.0691. The van der Waals surface area contributed by atoms with Crippen molar-refractivity contribution >= 4 is 23.3 Å². The van der Waals surface area contributed by atoms with Crippen LogP contribution in [0.25, 0.3) is 0 Å². The number of carbonyl (C=O) groups excluding carboxylic acids is 1. The van der Waals surface area contributed by atoms with E-state index in [0.29, 0.717) is 11.3 Å². The lowest BCUT2D eigenvalue weighted by Gasteiger charge is -2.08. The van der Waals surface area contributed by atoms with Crippen LogP contribution in [-0.4, -0.2) is 17.0 Å². The Bertz CT molecular complexity index is 729. The van der Waals surface area contributed by atoms with Gasteiger partial charge in [-0.1, -0.05) is 0 Å². The molecule has 21 heavy (non-hydrogen) atoms. The summed E-state index contributed by atoms with van der Waals surface area (Å²) in [6.07, 6.45) is 0. The number of hydrogen-bond donors (Lipinski definition) is 3. The highest BCUT2D eigenvalue weighted by Gasteiger charge is 2.13. The molecule has 0 heterocycles. The molecule has 0 spiro atoms. The molecule has 0 bridgehead atoms. The maximum Gasteiger partial charge on any atom is 0.338 e. The van der Waals surface area contributed by atoms with Gasteiger partial charge in [-0.15, -0.1) is 0 Å². The van der Waals surface area contributed by atoms with Crippen LogP contribution in [0, 0.1) is 12.7 Å². The Kier molecular flexibility index (Phi) is 3.89. The summed E-state index contributed by atoms with van der Waals surface area (Å²) in [5.74, 6) is -2.68. The molecule has 0 saturated heterocycles. The van der Waals surface area contributed by atoms with Crippen LogP contribution in [0.5, 0.6) is 0 Å². The molecule has 108 valence electrons. The zero-order valence-corrected chi connectivity index (χ0v) is 11.2. The highest BCUT2D eigenvalue weighted by atomic mass is 19.1. The minimum Gasteiger partial charge on any atom is -0.478 e. The molecule has 0 fully saturated rings. The van der Waals surface area contributed by atoms with E-state index in [1.54, 1.807) is 25.1 Å². The van der Waals surface area contributed by atoms with Crippen LogP contribution < -0.4 is 11.1 Å². The summed E-state index contributed by atoms with van der Waals surface area (Å²) in [4.78, 5) is 22.9. The fourth-order valence-corrected chi connectivity index (χ4v) is 1.79. The molecule has 2 aromatic rings. The number of aromatic carboxylic acids is 1. The minimum absolute atomic E-state index is 0.202. The van der Waals surface area contributed by atoms with E-state index in [2.05, 4.69) is 5.32 Å². The molecule has 0 aliphatic rings. The van der Waals surface area contributed by atoms with Crippen molar-refractivity contribution in [2.24, 2.45) is 0 Å². The molecule has 6 heteroatoms. The molecule has 2 rings (SSSR count). The van der Waals surface area contributed by atoms with Gasteiger partial charge in [-0.2, -0.15) is 0 Å². The Morgan fingerprint density at radius 1 is 1.19 bits per heavy atom. The van der Waals surface area contributed by atoms with Crippen LogP contribution in [-0.2, 0) is 0 Å². The number of amides is 1. The number of benzene rings is 2. The van der Waals surface area contributed by atoms with Crippen molar-refractivity contribution in [3.05, 3.63) is 58.9 Å². The van der Waals surface area contributed by atoms with E-state index in [1.165, 1.54) is 6.07 Å². The molecule has 0 unspecified atom stereocenters. The van der Waals surface area contributed by atoms with Gasteiger partial charge in [-0.3, -0.25) is 4.79 Å². The standard InChI is InChI=1S/C15H13FN2O3/c1-8-6-9(2-5-13(8)17)14(19)18-10-3-4-12(16)11(7-10)15(20)21/h2-7H,17H2,1H3,(H,18,19)(H,20,21). The predicted molar refractivity (Wildman–Crippen MR) is 76.9 cm³/mol. The van der Waals surface area contributed by atoms with Crippen LogP contribution in [0.2, 0.25) is 0 Å². The van der Waals surface area contributed by atoms with E-state index in [0.717, 1.165) is 17.7 Å². The normalized spacial score (nSPS) is 10.2. The Morgan fingerprint density at radius 3 is 2.52 bits per heavy atom. The predicted octanol–water partition coefficient (Wildman–Crippen LogP) is 2.67. The minimum atomic E-state index is -1.40. The number of hydrogen-bond acceptors (Lipinski definition) is 3. The number of anilines is 2. The smallest absolute Gasteiger partial charge is 0.338 e. The number of nitrogen functional groups attached to an aromatic ring is 1. The average Bonchev–Trinajstić information content (AvgIpc) is 2.43. The van der Waals surface area contributed by atoms with E-state index in [4.69, 9.17) is 10.8 Å². The second-order valence-corrected chi connectivity index (χ2v) is 4.53. The summed E-state index contributed by atoms with van der Waals surface area (Å²) in [5, 5.41) is 11.4. The number of aryl methyl sites for hydroxylation is 1. The second kappa shape index (κ2) is 5.62. The van der Waals surface area contributed by atoms with Crippen molar-refractivity contribution < 1.29 is 19.1 Å². The molecule has 5 nitrogen and oxygen atoms in total. The first-order chi connectivity index (χ1) is 9.88. The molecule has 0 aliphatic heterocycles. The molecule has 0 radical (unpaired) electrons. The fraction of sp³-hybridized carbons (Fsp3) is 0.0667. The summed E-state index contributed by atoms with van der Waals surface area (Å²) < 4.78 is 13.3. The van der Waals surface area contributed by atoms with Crippen molar-refractivity contribution in [3.8, 4) is 0 Å². The summed E-state index contributed by atoms with van der Waals surface area (Å²) in [5.41, 5.74) is 7.08.